The molecule has 1 aliphatic carbocycles. The fourth-order valence-corrected chi connectivity index (χ4v) is 2.10. The van der Waals surface area contributed by atoms with Gasteiger partial charge in [-0.05, 0) is 11.0 Å². The fraction of sp³-hybridized carbons (Fsp3) is 0.500. The van der Waals surface area contributed by atoms with Gasteiger partial charge in [0, 0.05) is 18.4 Å². The van der Waals surface area contributed by atoms with E-state index in [-0.39, 0.29) is 11.0 Å². The van der Waals surface area contributed by atoms with Crippen molar-refractivity contribution in [3.05, 3.63) is 46.8 Å². The first-order valence-corrected chi connectivity index (χ1v) is 5.48. The molecule has 0 unspecified atom stereocenters. The Morgan fingerprint density at radius 2 is 1.80 bits per heavy atom. The first kappa shape index (κ1) is 10.2. The lowest BCUT2D eigenvalue weighted by Gasteiger charge is -2.23. The number of rotatable bonds is 1. The molecule has 2 rings (SSSR count). The maximum atomic E-state index is 7.33. The number of hydrogen-bond donors (Lipinski definition) is 0. The van der Waals surface area contributed by atoms with E-state index >= 15 is 0 Å². The first-order chi connectivity index (χ1) is 6.99. The lowest BCUT2D eigenvalue weighted by atomic mass is 9.81. The van der Waals surface area contributed by atoms with E-state index in [4.69, 9.17) is 6.57 Å². The van der Waals surface area contributed by atoms with E-state index in [9.17, 15) is 0 Å². The average molecular weight is 199 g/mol. The van der Waals surface area contributed by atoms with Crippen LogP contribution in [0.2, 0.25) is 0 Å². The Kier molecular flexibility index (Phi) is 2.12. The van der Waals surface area contributed by atoms with Crippen LogP contribution in [0.1, 0.15) is 44.7 Å². The topological polar surface area (TPSA) is 4.36 Å². The summed E-state index contributed by atoms with van der Waals surface area (Å²) in [7, 11) is 0. The minimum Gasteiger partial charge on any atom is -0.305 e. The van der Waals surface area contributed by atoms with Crippen LogP contribution in [0.15, 0.2) is 24.3 Å². The van der Waals surface area contributed by atoms with Gasteiger partial charge in [0.2, 0.25) is 0 Å². The molecule has 0 bridgehead atoms. The van der Waals surface area contributed by atoms with Gasteiger partial charge in [-0.3, -0.25) is 0 Å². The molecule has 0 saturated heterocycles. The minimum atomic E-state index is -0.177. The van der Waals surface area contributed by atoms with Gasteiger partial charge in [0.05, 0.1) is 0 Å². The minimum absolute atomic E-state index is 0.136. The highest BCUT2D eigenvalue weighted by atomic mass is 14.9. The zero-order valence-electron chi connectivity index (χ0n) is 9.67. The Hall–Kier alpha value is -1.29. The van der Waals surface area contributed by atoms with E-state index in [0.717, 1.165) is 12.8 Å². The SMILES string of the molecule is [C-]#[N+]C1(c2ccccc2C(C)(C)C)CC1. The summed E-state index contributed by atoms with van der Waals surface area (Å²) in [5.74, 6) is 0. The molecule has 1 saturated carbocycles. The molecule has 1 aliphatic rings. The van der Waals surface area contributed by atoms with Crippen LogP contribution in [0.3, 0.4) is 0 Å². The summed E-state index contributed by atoms with van der Waals surface area (Å²) in [4.78, 5) is 3.83. The molecular weight excluding hydrogens is 182 g/mol. The third kappa shape index (κ3) is 1.65. The Morgan fingerprint density at radius 1 is 1.20 bits per heavy atom. The highest BCUT2D eigenvalue weighted by Crippen LogP contribution is 2.52. The van der Waals surface area contributed by atoms with Gasteiger partial charge in [-0.25, -0.2) is 6.57 Å². The van der Waals surface area contributed by atoms with E-state index < -0.39 is 0 Å². The largest absolute Gasteiger partial charge is 0.305 e. The van der Waals surface area contributed by atoms with Crippen molar-refractivity contribution in [3.63, 3.8) is 0 Å². The van der Waals surface area contributed by atoms with Crippen molar-refractivity contribution in [1.82, 2.24) is 0 Å². The smallest absolute Gasteiger partial charge is 0.258 e. The van der Waals surface area contributed by atoms with Crippen molar-refractivity contribution >= 4 is 0 Å². The standard InChI is InChI=1S/C14H17N/c1-13(2,3)11-7-5-6-8-12(11)14(15-4)9-10-14/h5-8H,9-10H2,1-3H3. The van der Waals surface area contributed by atoms with Crippen LogP contribution in [0.4, 0.5) is 0 Å². The fourth-order valence-electron chi connectivity index (χ4n) is 2.10. The summed E-state index contributed by atoms with van der Waals surface area (Å²) >= 11 is 0. The Bertz CT molecular complexity index is 414. The summed E-state index contributed by atoms with van der Waals surface area (Å²) in [6, 6.07) is 8.42. The Balaban J connectivity index is 2.54. The molecule has 0 atom stereocenters. The molecule has 0 aliphatic heterocycles. The van der Waals surface area contributed by atoms with Gasteiger partial charge in [-0.2, -0.15) is 0 Å². The molecule has 0 N–H and O–H groups in total. The Labute approximate surface area is 91.9 Å². The maximum absolute atomic E-state index is 7.33. The van der Waals surface area contributed by atoms with E-state index in [1.807, 2.05) is 0 Å². The molecule has 0 heterocycles. The second-order valence-corrected chi connectivity index (χ2v) is 5.44. The van der Waals surface area contributed by atoms with Crippen molar-refractivity contribution in [2.45, 2.75) is 44.6 Å². The van der Waals surface area contributed by atoms with E-state index in [1.54, 1.807) is 0 Å². The monoisotopic (exact) mass is 199 g/mol. The molecule has 0 amide bonds. The van der Waals surface area contributed by atoms with Crippen LogP contribution in [0.5, 0.6) is 0 Å². The summed E-state index contributed by atoms with van der Waals surface area (Å²) in [5.41, 5.74) is 2.55. The van der Waals surface area contributed by atoms with Gasteiger partial charge in [0.1, 0.15) is 0 Å². The molecule has 0 radical (unpaired) electrons. The summed E-state index contributed by atoms with van der Waals surface area (Å²) in [6.07, 6.45) is 2.06. The van der Waals surface area contributed by atoms with Crippen LogP contribution in [-0.2, 0) is 11.0 Å². The second kappa shape index (κ2) is 3.10. The molecule has 1 aromatic carbocycles. The zero-order valence-corrected chi connectivity index (χ0v) is 9.67. The quantitative estimate of drug-likeness (QED) is 0.604. The zero-order chi connectivity index (χ0) is 11.1. The van der Waals surface area contributed by atoms with Crippen LogP contribution >= 0.6 is 0 Å². The first-order valence-electron chi connectivity index (χ1n) is 5.48. The van der Waals surface area contributed by atoms with Crippen LogP contribution in [0.25, 0.3) is 4.85 Å². The normalized spacial score (nSPS) is 18.3. The molecule has 0 aromatic heterocycles. The van der Waals surface area contributed by atoms with Gasteiger partial charge in [0.25, 0.3) is 5.54 Å². The average Bonchev–Trinajstić information content (AvgIpc) is 2.97. The van der Waals surface area contributed by atoms with Gasteiger partial charge < -0.3 is 4.85 Å². The van der Waals surface area contributed by atoms with Gasteiger partial charge in [-0.1, -0.05) is 45.0 Å². The number of hydrogen-bond acceptors (Lipinski definition) is 0. The third-order valence-corrected chi connectivity index (χ3v) is 3.17. The molecular formula is C14H17N. The predicted octanol–water partition coefficient (Wildman–Crippen LogP) is 3.89. The van der Waals surface area contributed by atoms with Gasteiger partial charge >= 0.3 is 0 Å². The lowest BCUT2D eigenvalue weighted by Crippen LogP contribution is -2.17. The third-order valence-electron chi connectivity index (χ3n) is 3.17. The van der Waals surface area contributed by atoms with Crippen LogP contribution in [0, 0.1) is 6.57 Å². The van der Waals surface area contributed by atoms with E-state index in [1.165, 1.54) is 11.1 Å². The molecule has 1 aromatic rings. The molecule has 15 heavy (non-hydrogen) atoms. The van der Waals surface area contributed by atoms with Crippen LogP contribution < -0.4 is 0 Å². The summed E-state index contributed by atoms with van der Waals surface area (Å²) in [6.45, 7) is 14.0. The molecule has 1 nitrogen and oxygen atoms in total. The number of nitrogens with zero attached hydrogens (tertiary/aromatic N) is 1. The van der Waals surface area contributed by atoms with Crippen molar-refractivity contribution in [2.75, 3.05) is 0 Å². The molecule has 78 valence electrons. The van der Waals surface area contributed by atoms with Crippen molar-refractivity contribution in [3.8, 4) is 0 Å². The summed E-state index contributed by atoms with van der Waals surface area (Å²) < 4.78 is 0. The van der Waals surface area contributed by atoms with Crippen molar-refractivity contribution in [2.24, 2.45) is 0 Å². The number of benzene rings is 1. The maximum Gasteiger partial charge on any atom is 0.258 e. The van der Waals surface area contributed by atoms with Gasteiger partial charge in [0.15, 0.2) is 0 Å². The van der Waals surface area contributed by atoms with Crippen molar-refractivity contribution in [1.29, 1.82) is 0 Å². The highest BCUT2D eigenvalue weighted by Gasteiger charge is 2.54. The predicted molar refractivity (Wildman–Crippen MR) is 62.7 cm³/mol. The second-order valence-electron chi connectivity index (χ2n) is 5.44. The Morgan fingerprint density at radius 3 is 2.27 bits per heavy atom. The molecule has 1 heteroatoms. The molecule has 1 fully saturated rings. The van der Waals surface area contributed by atoms with E-state index in [2.05, 4.69) is 49.9 Å². The van der Waals surface area contributed by atoms with Crippen LogP contribution in [-0.4, -0.2) is 0 Å². The highest BCUT2D eigenvalue weighted by molar-refractivity contribution is 5.43. The summed E-state index contributed by atoms with van der Waals surface area (Å²) in [5, 5.41) is 0. The van der Waals surface area contributed by atoms with Gasteiger partial charge in [-0.15, -0.1) is 0 Å². The van der Waals surface area contributed by atoms with Crippen molar-refractivity contribution < 1.29 is 0 Å². The van der Waals surface area contributed by atoms with E-state index in [0.29, 0.717) is 0 Å². The lowest BCUT2D eigenvalue weighted by molar-refractivity contribution is 0.576. The molecule has 0 spiro atoms.